The lowest BCUT2D eigenvalue weighted by Gasteiger charge is -2.30. The van der Waals surface area contributed by atoms with E-state index in [9.17, 15) is 49.8 Å². The molecule has 8 rings (SSSR count). The maximum atomic E-state index is 11.3. The number of methoxy groups -OCH3 is 1. The first-order valence-electron chi connectivity index (χ1n) is 30.1. The van der Waals surface area contributed by atoms with Crippen LogP contribution >= 0.6 is 27.5 Å². The van der Waals surface area contributed by atoms with Gasteiger partial charge in [-0.05, 0) is 117 Å². The quantitative estimate of drug-likeness (QED) is 0.0766. The Morgan fingerprint density at radius 3 is 1.11 bits per heavy atom. The summed E-state index contributed by atoms with van der Waals surface area (Å²) in [6.45, 7) is 35.4. The molecule has 0 aromatic rings. The van der Waals surface area contributed by atoms with E-state index in [1.165, 1.54) is 19.3 Å². The highest BCUT2D eigenvalue weighted by molar-refractivity contribution is 7.73. The van der Waals surface area contributed by atoms with Crippen LogP contribution in [-0.4, -0.2) is 269 Å². The van der Waals surface area contributed by atoms with E-state index in [1.54, 1.807) is 19.5 Å². The highest BCUT2D eigenvalue weighted by atomic mass is 31.2. The molecule has 0 spiro atoms. The van der Waals surface area contributed by atoms with E-state index in [0.717, 1.165) is 37.5 Å². The van der Waals surface area contributed by atoms with Gasteiger partial charge in [0.05, 0.1) is 24.4 Å². The van der Waals surface area contributed by atoms with Crippen LogP contribution in [0.25, 0.3) is 0 Å². The fraction of sp³-hybridized carbons (Fsp3) is 0.619. The summed E-state index contributed by atoms with van der Waals surface area (Å²) in [5.74, 6) is 0. The van der Waals surface area contributed by atoms with Gasteiger partial charge in [-0.15, -0.1) is 52.7 Å². The van der Waals surface area contributed by atoms with Gasteiger partial charge < -0.3 is 102 Å². The minimum Gasteiger partial charge on any atom is -0.388 e. The smallest absolute Gasteiger partial charge is 0.323 e. The van der Waals surface area contributed by atoms with E-state index in [4.69, 9.17) is 28.4 Å². The van der Waals surface area contributed by atoms with E-state index in [0.29, 0.717) is 64.5 Å². The summed E-state index contributed by atoms with van der Waals surface area (Å²) in [5.41, 5.74) is 2.71. The van der Waals surface area contributed by atoms with Crippen LogP contribution in [0.4, 0.5) is 19.2 Å². The second kappa shape index (κ2) is 34.4. The first-order chi connectivity index (χ1) is 41.7. The van der Waals surface area contributed by atoms with Crippen molar-refractivity contribution in [1.82, 2.24) is 42.5 Å². The average molecular weight is 1360 g/mol. The van der Waals surface area contributed by atoms with Crippen molar-refractivity contribution < 1.29 is 78.2 Å². The van der Waals surface area contributed by atoms with Crippen molar-refractivity contribution in [1.29, 1.82) is 0 Å². The highest BCUT2D eigenvalue weighted by Crippen LogP contribution is 2.45. The lowest BCUT2D eigenvalue weighted by atomic mass is 9.87. The third-order valence-corrected chi connectivity index (χ3v) is 21.5. The van der Waals surface area contributed by atoms with Crippen LogP contribution in [0.1, 0.15) is 60.8 Å². The van der Waals surface area contributed by atoms with Gasteiger partial charge in [-0.3, -0.25) is 0 Å². The summed E-state index contributed by atoms with van der Waals surface area (Å²) < 4.78 is 34.9. The molecule has 8 aliphatic rings. The first-order valence-corrected chi connectivity index (χ1v) is 42.3. The van der Waals surface area contributed by atoms with E-state index < -0.39 is 112 Å². The SMILES string of the molecule is C.C=C1NC(=O)NC=C1[C@@H]1O[C@H](CCP(=C)(C)C)[C@@H](O)[C@@]1(C)O.C=C1NC(=O)NC=C1[C@@H]1O[C@H](CCP(=C)(C)C)[C@@H](O)[C@H]1O.C=C1NC(=O)NC=C1[C@@H]1O[C@H](CCP(=C)(C)C)[C@@H](O)[C@H]1OC.C=C1NC(=O)NC=C1[C@@H]1O[C@H](CCP(=C)(C)C)[C@@H](O)[C@H]1OCC.CC. The van der Waals surface area contributed by atoms with Crippen LogP contribution in [0.15, 0.2) is 96.2 Å². The lowest BCUT2D eigenvalue weighted by molar-refractivity contribution is -0.0516. The van der Waals surface area contributed by atoms with Crippen LogP contribution in [-0.2, 0) is 28.4 Å². The number of hydrogen-bond acceptors (Lipinski definition) is 16. The molecule has 0 saturated carbocycles. The standard InChI is InChI=1S/C16H27N2O4P.2C15H25N2O4P.C14H23N2O4P.C2H6.CH4/c1-6-21-15-13(19)12(7-8-23(3,4)5)22-14(15)11-9-17-16(20)18-10(11)2;1-9-10(8-16-14(19)17-9)13-15(2,20)12(18)11(21-13)6-7-22(3,4)5;1-9-10(8-16-15(19)17-9)13-14(20-2)12(18)11(21-13)6-7-22(3,4)5;1-8-9(7-15-14(19)16-8)13-12(18)11(17)10(20-13)5-6-21(2,3)4;1-2;/h9,12-15,19H,2-3,6-8H2,1,4-5H3,(H2,17,18,20);8,11-13,18,20H,1,3,6-7H2,2,4-5H3,(H2,16,17,19);8,11-14,18H,1,3,6-7H2,2,4-5H3,(H2,16,17,19);7,10-13,17-18H,1-2,5-6H2,3-4H3,(H2,15,16,19);1-2H3;1H4/t12-,13-,14+,15-;11-,12-,13+,15-;11-,12-,13+,14-;10-,11-,12-,13+;;/m1111../s1. The normalized spacial score (nSPS) is 32.3. The highest BCUT2D eigenvalue weighted by Gasteiger charge is 2.54. The Morgan fingerprint density at radius 2 is 0.780 bits per heavy atom. The number of aliphatic hydroxyl groups excluding tert-OH is 5. The van der Waals surface area contributed by atoms with Crippen molar-refractivity contribution in [2.45, 2.75) is 158 Å². The van der Waals surface area contributed by atoms with Crippen LogP contribution in [0.5, 0.6) is 0 Å². The monoisotopic (exact) mass is 1360 g/mol. The second-order valence-electron chi connectivity index (χ2n) is 26.1. The molecule has 4 fully saturated rings. The Morgan fingerprint density at radius 1 is 0.484 bits per heavy atom. The summed E-state index contributed by atoms with van der Waals surface area (Å²) in [4.78, 5) is 45.0. The molecule has 4 saturated heterocycles. The molecule has 16 atom stereocenters. The molecule has 518 valence electrons. The van der Waals surface area contributed by atoms with Crippen molar-refractivity contribution >= 4 is 76.9 Å². The summed E-state index contributed by atoms with van der Waals surface area (Å²) in [7, 11) is 1.54. The number of aliphatic hydroxyl groups is 6. The summed E-state index contributed by atoms with van der Waals surface area (Å²) in [6, 6.07) is -1.42. The minimum absolute atomic E-state index is 0. The summed E-state index contributed by atoms with van der Waals surface area (Å²) >= 11 is 0. The number of hydrogen-bond donors (Lipinski definition) is 14. The Bertz CT molecular complexity index is 2960. The molecule has 24 nitrogen and oxygen atoms in total. The zero-order chi connectivity index (χ0) is 68.2. The number of nitrogens with one attached hydrogen (secondary N) is 8. The molecular formula is C63H110N8O16P4. The zero-order valence-electron chi connectivity index (χ0n) is 55.0. The Hall–Kier alpha value is -4.28. The lowest BCUT2D eigenvalue weighted by Crippen LogP contribution is -2.49. The number of carbonyl (C=O) groups excluding carboxylic acids is 4. The van der Waals surface area contributed by atoms with Crippen LogP contribution in [0, 0.1) is 0 Å². The van der Waals surface area contributed by atoms with Gasteiger partial charge in [0.1, 0.15) is 72.7 Å². The molecule has 0 bridgehead atoms. The Balaban J connectivity index is 0.000000313. The summed E-state index contributed by atoms with van der Waals surface area (Å²) in [6.07, 6.45) is 19.9. The van der Waals surface area contributed by atoms with Gasteiger partial charge in [-0.2, -0.15) is 0 Å². The number of amides is 8. The zero-order valence-corrected chi connectivity index (χ0v) is 58.6. The van der Waals surface area contributed by atoms with E-state index in [-0.39, 0.29) is 43.8 Å². The Kier molecular flexibility index (Phi) is 30.6. The molecule has 14 N–H and O–H groups in total. The fourth-order valence-electron chi connectivity index (χ4n) is 10.7. The molecular weight excluding hydrogens is 1250 g/mol. The third kappa shape index (κ3) is 23.3. The molecule has 0 aromatic carbocycles. The van der Waals surface area contributed by atoms with E-state index in [1.807, 2.05) is 20.8 Å². The molecule has 0 radical (unpaired) electrons. The van der Waals surface area contributed by atoms with Crippen LogP contribution in [0.3, 0.4) is 0 Å². The first kappa shape index (κ1) is 81.0. The van der Waals surface area contributed by atoms with Crippen molar-refractivity contribution in [3.8, 4) is 0 Å². The van der Waals surface area contributed by atoms with Gasteiger partial charge in [0.2, 0.25) is 0 Å². The van der Waals surface area contributed by atoms with Crippen molar-refractivity contribution in [2.24, 2.45) is 0 Å². The van der Waals surface area contributed by atoms with E-state index >= 15 is 0 Å². The van der Waals surface area contributed by atoms with Gasteiger partial charge in [0.25, 0.3) is 0 Å². The van der Waals surface area contributed by atoms with Crippen molar-refractivity contribution in [2.75, 3.05) is 91.7 Å². The maximum absolute atomic E-state index is 11.3. The number of rotatable bonds is 19. The van der Waals surface area contributed by atoms with Crippen LogP contribution in [0.2, 0.25) is 0 Å². The minimum atomic E-state index is -1.45. The topological polar surface area (TPSA) is 341 Å². The van der Waals surface area contributed by atoms with Crippen molar-refractivity contribution in [3.63, 3.8) is 0 Å². The van der Waals surface area contributed by atoms with Gasteiger partial charge >= 0.3 is 24.1 Å². The average Bonchev–Trinajstić information content (AvgIpc) is 1.88. The largest absolute Gasteiger partial charge is 0.388 e. The molecule has 8 amide bonds. The third-order valence-electron chi connectivity index (χ3n) is 15.6. The molecule has 8 heterocycles. The molecule has 28 heteroatoms. The number of urea groups is 4. The predicted molar refractivity (Wildman–Crippen MR) is 377 cm³/mol. The maximum Gasteiger partial charge on any atom is 0.323 e. The second-order valence-corrected chi connectivity index (χ2v) is 43.4. The molecule has 0 unspecified atom stereocenters. The van der Waals surface area contributed by atoms with Gasteiger partial charge in [0.15, 0.2) is 0 Å². The number of carbonyl (C=O) groups is 4. The summed E-state index contributed by atoms with van der Waals surface area (Å²) in [5, 5.41) is 82.9. The van der Waals surface area contributed by atoms with Gasteiger partial charge in [0, 0.05) is 83.6 Å². The molecule has 0 aliphatic carbocycles. The Labute approximate surface area is 541 Å². The predicted octanol–water partition coefficient (Wildman–Crippen LogP) is 4.89. The molecule has 91 heavy (non-hydrogen) atoms. The van der Waals surface area contributed by atoms with Crippen LogP contribution < -0.4 is 42.5 Å². The molecule has 8 aliphatic heterocycles. The van der Waals surface area contributed by atoms with Gasteiger partial charge in [-0.25, -0.2) is 19.2 Å². The number of ether oxygens (including phenoxy) is 6. The van der Waals surface area contributed by atoms with E-state index in [2.05, 4.69) is 147 Å². The van der Waals surface area contributed by atoms with Crippen molar-refractivity contribution in [3.05, 3.63) is 96.2 Å². The van der Waals surface area contributed by atoms with Gasteiger partial charge in [-0.1, -0.05) is 47.6 Å². The molecule has 0 aromatic heterocycles. The fourth-order valence-corrected chi connectivity index (χ4v) is 14.5.